The molecular formula is C23H29N5O3. The highest BCUT2D eigenvalue weighted by Gasteiger charge is 2.33. The first-order chi connectivity index (χ1) is 15.0. The van der Waals surface area contributed by atoms with Crippen LogP contribution in [0.15, 0.2) is 42.5 Å². The molecule has 8 nitrogen and oxygen atoms in total. The summed E-state index contributed by atoms with van der Waals surface area (Å²) in [4.78, 5) is 28.5. The number of nitrogens with zero attached hydrogens (tertiary/aromatic N) is 2. The first kappa shape index (κ1) is 21.1. The molecule has 4 N–H and O–H groups in total. The van der Waals surface area contributed by atoms with Gasteiger partial charge in [0.05, 0.1) is 19.3 Å². The van der Waals surface area contributed by atoms with Gasteiger partial charge in [-0.2, -0.15) is 0 Å². The maximum absolute atomic E-state index is 12.3. The second-order valence-electron chi connectivity index (χ2n) is 8.06. The maximum Gasteiger partial charge on any atom is 0.265 e. The summed E-state index contributed by atoms with van der Waals surface area (Å²) in [6.45, 7) is 6.91. The van der Waals surface area contributed by atoms with Crippen molar-refractivity contribution in [2.75, 3.05) is 41.4 Å². The number of morpholine rings is 1. The number of amides is 2. The van der Waals surface area contributed by atoms with Crippen molar-refractivity contribution in [3.63, 3.8) is 0 Å². The number of nitrogens with one attached hydrogen (secondary N) is 2. The lowest BCUT2D eigenvalue weighted by molar-refractivity contribution is -0.117. The zero-order valence-corrected chi connectivity index (χ0v) is 17.9. The van der Waals surface area contributed by atoms with Gasteiger partial charge in [0.2, 0.25) is 5.91 Å². The Kier molecular flexibility index (Phi) is 6.11. The fraction of sp³-hybridized carbons (Fsp3) is 0.391. The molecular weight excluding hydrogens is 394 g/mol. The van der Waals surface area contributed by atoms with Crippen molar-refractivity contribution in [1.82, 2.24) is 5.43 Å². The molecule has 0 aromatic heterocycles. The van der Waals surface area contributed by atoms with Crippen molar-refractivity contribution in [3.8, 4) is 0 Å². The molecule has 0 spiro atoms. The van der Waals surface area contributed by atoms with Gasteiger partial charge in [-0.3, -0.25) is 15.0 Å². The predicted molar refractivity (Wildman–Crippen MR) is 121 cm³/mol. The molecule has 2 aromatic rings. The average molecular weight is 424 g/mol. The fourth-order valence-corrected chi connectivity index (χ4v) is 4.50. The van der Waals surface area contributed by atoms with Crippen LogP contribution in [-0.2, 0) is 9.53 Å². The van der Waals surface area contributed by atoms with Gasteiger partial charge in [0.1, 0.15) is 0 Å². The number of carbonyl (C=O) groups excluding carboxylic acids is 2. The number of hydrogen-bond donors (Lipinski definition) is 3. The average Bonchev–Trinajstić information content (AvgIpc) is 2.79. The Labute approximate surface area is 182 Å². The number of anilines is 3. The quantitative estimate of drug-likeness (QED) is 0.397. The monoisotopic (exact) mass is 423 g/mol. The van der Waals surface area contributed by atoms with E-state index in [9.17, 15) is 9.59 Å². The summed E-state index contributed by atoms with van der Waals surface area (Å²) in [5.74, 6) is 4.95. The third kappa shape index (κ3) is 4.35. The van der Waals surface area contributed by atoms with Crippen LogP contribution >= 0.6 is 0 Å². The van der Waals surface area contributed by atoms with E-state index in [-0.39, 0.29) is 23.9 Å². The molecule has 8 heteroatoms. The Balaban J connectivity index is 1.61. The summed E-state index contributed by atoms with van der Waals surface area (Å²) >= 11 is 0. The molecule has 0 radical (unpaired) electrons. The summed E-state index contributed by atoms with van der Waals surface area (Å²) in [7, 11) is 0. The zero-order valence-electron chi connectivity index (χ0n) is 17.9. The second-order valence-corrected chi connectivity index (χ2v) is 8.06. The van der Waals surface area contributed by atoms with E-state index in [0.717, 1.165) is 49.7 Å². The molecule has 31 heavy (non-hydrogen) atoms. The van der Waals surface area contributed by atoms with E-state index in [1.54, 1.807) is 17.9 Å². The molecule has 2 atom stereocenters. The van der Waals surface area contributed by atoms with Gasteiger partial charge in [0, 0.05) is 48.7 Å². The number of hydrogen-bond acceptors (Lipinski definition) is 6. The summed E-state index contributed by atoms with van der Waals surface area (Å²) < 4.78 is 5.43. The van der Waals surface area contributed by atoms with E-state index in [2.05, 4.69) is 39.9 Å². The minimum atomic E-state index is -0.357. The Morgan fingerprint density at radius 2 is 1.81 bits per heavy atom. The van der Waals surface area contributed by atoms with Crippen LogP contribution in [0.3, 0.4) is 0 Å². The third-order valence-corrected chi connectivity index (χ3v) is 6.00. The molecule has 0 saturated carbocycles. The van der Waals surface area contributed by atoms with Gasteiger partial charge in [-0.15, -0.1) is 0 Å². The van der Waals surface area contributed by atoms with E-state index in [1.807, 2.05) is 19.1 Å². The smallest absolute Gasteiger partial charge is 0.265 e. The topological polar surface area (TPSA) is 99.9 Å². The first-order valence-corrected chi connectivity index (χ1v) is 10.6. The minimum absolute atomic E-state index is 0.0157. The number of nitrogens with two attached hydrogens (primary N) is 1. The molecule has 0 bridgehead atoms. The highest BCUT2D eigenvalue weighted by atomic mass is 16.5. The van der Waals surface area contributed by atoms with Crippen LogP contribution in [0.2, 0.25) is 0 Å². The van der Waals surface area contributed by atoms with E-state index in [1.165, 1.54) is 5.69 Å². The standard InChI is InChI=1S/C23H29N5O3/c1-15-13-21(25-18-4-6-19(7-5-18)27-9-11-31-12-10-27)20-14-17(23(30)26-24)3-8-22(20)28(15)16(2)29/h3-8,14-15,21,25H,9-13,24H2,1-2H3,(H,26,30). The van der Waals surface area contributed by atoms with E-state index in [0.29, 0.717) is 5.56 Å². The van der Waals surface area contributed by atoms with E-state index < -0.39 is 0 Å². The molecule has 164 valence electrons. The van der Waals surface area contributed by atoms with Crippen LogP contribution in [0.25, 0.3) is 0 Å². The number of hydrazine groups is 1. The molecule has 2 unspecified atom stereocenters. The number of benzene rings is 2. The van der Waals surface area contributed by atoms with Crippen LogP contribution in [0.5, 0.6) is 0 Å². The van der Waals surface area contributed by atoms with E-state index >= 15 is 0 Å². The van der Waals surface area contributed by atoms with Gasteiger partial charge < -0.3 is 19.9 Å². The van der Waals surface area contributed by atoms with Crippen molar-refractivity contribution >= 4 is 28.9 Å². The number of rotatable bonds is 4. The Morgan fingerprint density at radius 1 is 1.10 bits per heavy atom. The molecule has 2 amide bonds. The second kappa shape index (κ2) is 8.95. The lowest BCUT2D eigenvalue weighted by Crippen LogP contribution is -2.43. The van der Waals surface area contributed by atoms with Crippen LogP contribution in [-0.4, -0.2) is 44.2 Å². The summed E-state index contributed by atoms with van der Waals surface area (Å²) in [5.41, 5.74) is 6.54. The highest BCUT2D eigenvalue weighted by Crippen LogP contribution is 2.39. The lowest BCUT2D eigenvalue weighted by Gasteiger charge is -2.39. The lowest BCUT2D eigenvalue weighted by atomic mass is 9.90. The van der Waals surface area contributed by atoms with Crippen molar-refractivity contribution in [2.24, 2.45) is 5.84 Å². The number of fused-ring (bicyclic) bond motifs is 1. The third-order valence-electron chi connectivity index (χ3n) is 6.00. The van der Waals surface area contributed by atoms with Gasteiger partial charge in [-0.1, -0.05) is 0 Å². The van der Waals surface area contributed by atoms with Gasteiger partial charge in [-0.05, 0) is 61.4 Å². The SMILES string of the molecule is CC(=O)N1c2ccc(C(=O)NN)cc2C(Nc2ccc(N3CCOCC3)cc2)CC1C. The molecule has 2 aromatic carbocycles. The molecule has 2 aliphatic rings. The fourth-order valence-electron chi connectivity index (χ4n) is 4.50. The largest absolute Gasteiger partial charge is 0.378 e. The number of carbonyl (C=O) groups is 2. The Morgan fingerprint density at radius 3 is 2.45 bits per heavy atom. The molecule has 1 saturated heterocycles. The van der Waals surface area contributed by atoms with Gasteiger partial charge in [0.25, 0.3) is 5.91 Å². The predicted octanol–water partition coefficient (Wildman–Crippen LogP) is 2.42. The number of nitrogen functional groups attached to an aromatic ring is 1. The Hall–Kier alpha value is -3.10. The van der Waals surface area contributed by atoms with Crippen molar-refractivity contribution in [2.45, 2.75) is 32.4 Å². The van der Waals surface area contributed by atoms with Crippen LogP contribution in [0.4, 0.5) is 17.1 Å². The van der Waals surface area contributed by atoms with Crippen molar-refractivity contribution in [3.05, 3.63) is 53.6 Å². The summed E-state index contributed by atoms with van der Waals surface area (Å²) in [6, 6.07) is 13.7. The first-order valence-electron chi connectivity index (χ1n) is 10.6. The maximum atomic E-state index is 12.3. The van der Waals surface area contributed by atoms with Gasteiger partial charge in [-0.25, -0.2) is 5.84 Å². The van der Waals surface area contributed by atoms with Gasteiger partial charge in [0.15, 0.2) is 0 Å². The van der Waals surface area contributed by atoms with E-state index in [4.69, 9.17) is 10.6 Å². The van der Waals surface area contributed by atoms with Crippen molar-refractivity contribution in [1.29, 1.82) is 0 Å². The molecule has 2 heterocycles. The van der Waals surface area contributed by atoms with Crippen LogP contribution < -0.4 is 26.4 Å². The molecule has 2 aliphatic heterocycles. The molecule has 4 rings (SSSR count). The normalized spacial score (nSPS) is 20.7. The van der Waals surface area contributed by atoms with Gasteiger partial charge >= 0.3 is 0 Å². The summed E-state index contributed by atoms with van der Waals surface area (Å²) in [6.07, 6.45) is 0.728. The highest BCUT2D eigenvalue weighted by molar-refractivity contribution is 5.97. The molecule has 0 aliphatic carbocycles. The zero-order chi connectivity index (χ0) is 22.0. The van der Waals surface area contributed by atoms with Crippen LogP contribution in [0, 0.1) is 0 Å². The Bertz CT molecular complexity index is 956. The summed E-state index contributed by atoms with van der Waals surface area (Å²) in [5, 5.41) is 3.60. The van der Waals surface area contributed by atoms with Crippen LogP contribution in [0.1, 0.15) is 42.2 Å². The molecule has 1 fully saturated rings. The number of ether oxygens (including phenoxy) is 1. The van der Waals surface area contributed by atoms with Crippen molar-refractivity contribution < 1.29 is 14.3 Å². The minimum Gasteiger partial charge on any atom is -0.378 e.